The average molecular weight is 284 g/mol. The number of hydrogen-bond acceptors (Lipinski definition) is 4. The molecule has 2 fully saturated rings. The van der Waals surface area contributed by atoms with Gasteiger partial charge in [-0.15, -0.1) is 0 Å². The fourth-order valence-corrected chi connectivity index (χ4v) is 3.21. The van der Waals surface area contributed by atoms with Crippen LogP contribution in [0.4, 0.5) is 0 Å². The second-order valence-corrected chi connectivity index (χ2v) is 7.06. The van der Waals surface area contributed by atoms with Gasteiger partial charge in [-0.2, -0.15) is 0 Å². The lowest BCUT2D eigenvalue weighted by molar-refractivity contribution is -0.00827. The van der Waals surface area contributed by atoms with Crippen LogP contribution in [0.25, 0.3) is 0 Å². The van der Waals surface area contributed by atoms with Crippen molar-refractivity contribution in [3.63, 3.8) is 0 Å². The lowest BCUT2D eigenvalue weighted by Gasteiger charge is -2.41. The predicted molar refractivity (Wildman–Crippen MR) is 81.9 cm³/mol. The molecule has 0 amide bonds. The molecule has 0 aromatic heterocycles. The lowest BCUT2D eigenvalue weighted by Crippen LogP contribution is -2.49. The first kappa shape index (κ1) is 16.2. The Morgan fingerprint density at radius 1 is 1.30 bits per heavy atom. The highest BCUT2D eigenvalue weighted by Crippen LogP contribution is 2.35. The molecule has 1 heterocycles. The molecule has 1 saturated heterocycles. The monoisotopic (exact) mass is 284 g/mol. The van der Waals surface area contributed by atoms with Gasteiger partial charge in [0.15, 0.2) is 0 Å². The Bertz CT molecular complexity index is 274. The summed E-state index contributed by atoms with van der Waals surface area (Å²) in [6, 6.07) is 0.729. The largest absolute Gasteiger partial charge is 0.395 e. The standard InChI is InChI=1S/C16H32N2O2/c1-14(2)11-17-12-16(5-9-20-10-6-16)13-18(7-8-19)15-3-4-15/h14-15,17,19H,3-13H2,1-2H3. The van der Waals surface area contributed by atoms with Gasteiger partial charge in [-0.05, 0) is 43.6 Å². The summed E-state index contributed by atoms with van der Waals surface area (Å²) >= 11 is 0. The summed E-state index contributed by atoms with van der Waals surface area (Å²) in [4.78, 5) is 2.52. The van der Waals surface area contributed by atoms with Crippen molar-refractivity contribution in [3.05, 3.63) is 0 Å². The first-order chi connectivity index (χ1) is 9.65. The summed E-state index contributed by atoms with van der Waals surface area (Å²) in [5.41, 5.74) is 0.338. The Morgan fingerprint density at radius 2 is 2.00 bits per heavy atom. The van der Waals surface area contributed by atoms with Crippen LogP contribution in [0, 0.1) is 11.3 Å². The molecular formula is C16H32N2O2. The molecule has 4 heteroatoms. The van der Waals surface area contributed by atoms with Crippen LogP contribution in [0.2, 0.25) is 0 Å². The molecule has 20 heavy (non-hydrogen) atoms. The highest BCUT2D eigenvalue weighted by Gasteiger charge is 2.38. The van der Waals surface area contributed by atoms with Gasteiger partial charge in [-0.3, -0.25) is 4.90 Å². The van der Waals surface area contributed by atoms with Gasteiger partial charge in [0.1, 0.15) is 0 Å². The lowest BCUT2D eigenvalue weighted by atomic mass is 9.79. The van der Waals surface area contributed by atoms with Crippen LogP contribution in [0.1, 0.15) is 39.5 Å². The zero-order valence-corrected chi connectivity index (χ0v) is 13.2. The van der Waals surface area contributed by atoms with Gasteiger partial charge in [0.05, 0.1) is 6.61 Å². The normalized spacial score (nSPS) is 22.6. The van der Waals surface area contributed by atoms with Gasteiger partial charge in [-0.1, -0.05) is 13.8 Å². The minimum Gasteiger partial charge on any atom is -0.395 e. The summed E-state index contributed by atoms with van der Waals surface area (Å²) in [6.45, 7) is 10.7. The van der Waals surface area contributed by atoms with Crippen molar-refractivity contribution in [1.29, 1.82) is 0 Å². The SMILES string of the molecule is CC(C)CNCC1(CN(CCO)C2CC2)CCOCC1. The van der Waals surface area contributed by atoms with Crippen LogP contribution in [0.3, 0.4) is 0 Å². The molecule has 0 atom stereocenters. The highest BCUT2D eigenvalue weighted by molar-refractivity contribution is 4.92. The molecule has 0 spiro atoms. The van der Waals surface area contributed by atoms with E-state index in [1.54, 1.807) is 0 Å². The van der Waals surface area contributed by atoms with Crippen molar-refractivity contribution in [3.8, 4) is 0 Å². The summed E-state index contributed by atoms with van der Waals surface area (Å²) in [5, 5.41) is 13.0. The van der Waals surface area contributed by atoms with E-state index in [2.05, 4.69) is 24.1 Å². The van der Waals surface area contributed by atoms with Crippen LogP contribution in [-0.4, -0.2) is 62.0 Å². The molecular weight excluding hydrogens is 252 g/mol. The Balaban J connectivity index is 1.90. The summed E-state index contributed by atoms with van der Waals surface area (Å²) in [7, 11) is 0. The maximum Gasteiger partial charge on any atom is 0.0558 e. The molecule has 0 radical (unpaired) electrons. The first-order valence-electron chi connectivity index (χ1n) is 8.28. The first-order valence-corrected chi connectivity index (χ1v) is 8.28. The number of hydrogen-bond donors (Lipinski definition) is 2. The Labute approximate surface area is 123 Å². The maximum atomic E-state index is 9.29. The third kappa shape index (κ3) is 4.99. The zero-order valence-electron chi connectivity index (χ0n) is 13.2. The van der Waals surface area contributed by atoms with Crippen molar-refractivity contribution < 1.29 is 9.84 Å². The minimum atomic E-state index is 0.280. The third-order valence-corrected chi connectivity index (χ3v) is 4.60. The van der Waals surface area contributed by atoms with E-state index in [9.17, 15) is 5.11 Å². The van der Waals surface area contributed by atoms with Crippen molar-refractivity contribution in [1.82, 2.24) is 10.2 Å². The summed E-state index contributed by atoms with van der Waals surface area (Å²) in [5.74, 6) is 0.698. The third-order valence-electron chi connectivity index (χ3n) is 4.60. The number of ether oxygens (including phenoxy) is 1. The fraction of sp³-hybridized carbons (Fsp3) is 1.00. The number of nitrogens with one attached hydrogen (secondary N) is 1. The molecule has 1 aliphatic heterocycles. The predicted octanol–water partition coefficient (Wildman–Crippen LogP) is 1.49. The molecule has 0 aromatic rings. The van der Waals surface area contributed by atoms with E-state index in [0.29, 0.717) is 11.3 Å². The van der Waals surface area contributed by atoms with Crippen LogP contribution in [-0.2, 0) is 4.74 Å². The minimum absolute atomic E-state index is 0.280. The van der Waals surface area contributed by atoms with Crippen LogP contribution in [0.15, 0.2) is 0 Å². The molecule has 2 aliphatic rings. The van der Waals surface area contributed by atoms with Gasteiger partial charge >= 0.3 is 0 Å². The molecule has 0 aromatic carbocycles. The summed E-state index contributed by atoms with van der Waals surface area (Å²) in [6.07, 6.45) is 4.91. The number of rotatable bonds is 9. The van der Waals surface area contributed by atoms with E-state index in [0.717, 1.165) is 58.3 Å². The molecule has 0 bridgehead atoms. The quantitative estimate of drug-likeness (QED) is 0.673. The Kier molecular flexibility index (Phi) is 6.27. The van der Waals surface area contributed by atoms with Crippen LogP contribution < -0.4 is 5.32 Å². The second kappa shape index (κ2) is 7.74. The van der Waals surface area contributed by atoms with E-state index in [1.807, 2.05) is 0 Å². The van der Waals surface area contributed by atoms with Gasteiger partial charge in [0.25, 0.3) is 0 Å². The smallest absolute Gasteiger partial charge is 0.0558 e. The van der Waals surface area contributed by atoms with E-state index in [1.165, 1.54) is 12.8 Å². The van der Waals surface area contributed by atoms with Gasteiger partial charge in [0.2, 0.25) is 0 Å². The molecule has 2 rings (SSSR count). The zero-order chi connectivity index (χ0) is 14.4. The Hall–Kier alpha value is -0.160. The van der Waals surface area contributed by atoms with Crippen LogP contribution in [0.5, 0.6) is 0 Å². The van der Waals surface area contributed by atoms with Gasteiger partial charge < -0.3 is 15.2 Å². The molecule has 2 N–H and O–H groups in total. The number of aliphatic hydroxyl groups is 1. The molecule has 0 unspecified atom stereocenters. The van der Waals surface area contributed by atoms with Crippen molar-refractivity contribution >= 4 is 0 Å². The second-order valence-electron chi connectivity index (χ2n) is 7.06. The van der Waals surface area contributed by atoms with E-state index >= 15 is 0 Å². The van der Waals surface area contributed by atoms with E-state index in [-0.39, 0.29) is 6.61 Å². The van der Waals surface area contributed by atoms with E-state index in [4.69, 9.17) is 4.74 Å². The number of aliphatic hydroxyl groups excluding tert-OH is 1. The number of nitrogens with zero attached hydrogens (tertiary/aromatic N) is 1. The Morgan fingerprint density at radius 3 is 2.55 bits per heavy atom. The van der Waals surface area contributed by atoms with Crippen LogP contribution >= 0.6 is 0 Å². The highest BCUT2D eigenvalue weighted by atomic mass is 16.5. The van der Waals surface area contributed by atoms with Crippen molar-refractivity contribution in [2.45, 2.75) is 45.6 Å². The maximum absolute atomic E-state index is 9.29. The van der Waals surface area contributed by atoms with Gasteiger partial charge in [0, 0.05) is 38.9 Å². The molecule has 1 saturated carbocycles. The average Bonchev–Trinajstić information content (AvgIpc) is 3.23. The molecule has 118 valence electrons. The van der Waals surface area contributed by atoms with Crippen molar-refractivity contribution in [2.75, 3.05) is 46.0 Å². The summed E-state index contributed by atoms with van der Waals surface area (Å²) < 4.78 is 5.57. The molecule has 4 nitrogen and oxygen atoms in total. The molecule has 1 aliphatic carbocycles. The van der Waals surface area contributed by atoms with Crippen molar-refractivity contribution in [2.24, 2.45) is 11.3 Å². The topological polar surface area (TPSA) is 44.7 Å². The fourth-order valence-electron chi connectivity index (χ4n) is 3.21. The van der Waals surface area contributed by atoms with E-state index < -0.39 is 0 Å². The van der Waals surface area contributed by atoms with Gasteiger partial charge in [-0.25, -0.2) is 0 Å².